The van der Waals surface area contributed by atoms with E-state index in [0.717, 1.165) is 12.0 Å². The predicted octanol–water partition coefficient (Wildman–Crippen LogP) is 0.604. The quantitative estimate of drug-likeness (QED) is 0.826. The van der Waals surface area contributed by atoms with Crippen molar-refractivity contribution < 1.29 is 19.4 Å². The number of methoxy groups -OCH3 is 1. The van der Waals surface area contributed by atoms with Crippen LogP contribution in [0.15, 0.2) is 24.5 Å². The molecule has 0 aromatic carbocycles. The third-order valence-electron chi connectivity index (χ3n) is 4.23. The van der Waals surface area contributed by atoms with Crippen molar-refractivity contribution in [1.29, 1.82) is 0 Å². The van der Waals surface area contributed by atoms with Crippen LogP contribution in [0.1, 0.15) is 18.4 Å². The molecule has 1 N–H and O–H groups in total. The Hall–Kier alpha value is -1.99. The summed E-state index contributed by atoms with van der Waals surface area (Å²) in [6.45, 7) is 1.05. The van der Waals surface area contributed by atoms with Gasteiger partial charge in [-0.1, -0.05) is 6.07 Å². The van der Waals surface area contributed by atoms with Crippen molar-refractivity contribution in [2.75, 3.05) is 27.3 Å². The summed E-state index contributed by atoms with van der Waals surface area (Å²) in [5, 5.41) is 9.45. The zero-order valence-corrected chi connectivity index (χ0v) is 13.5. The van der Waals surface area contributed by atoms with E-state index in [-0.39, 0.29) is 18.6 Å². The molecule has 0 radical (unpaired) electrons. The third kappa shape index (κ3) is 4.49. The van der Waals surface area contributed by atoms with Gasteiger partial charge in [0.2, 0.25) is 5.91 Å². The average molecular weight is 321 g/mol. The van der Waals surface area contributed by atoms with E-state index in [0.29, 0.717) is 19.5 Å². The smallest absolute Gasteiger partial charge is 0.326 e. The first-order valence-corrected chi connectivity index (χ1v) is 7.63. The van der Waals surface area contributed by atoms with Crippen LogP contribution in [-0.2, 0) is 20.9 Å². The summed E-state index contributed by atoms with van der Waals surface area (Å²) in [6, 6.07) is 3.20. The minimum Gasteiger partial charge on any atom is -0.480 e. The second-order valence-corrected chi connectivity index (χ2v) is 5.83. The van der Waals surface area contributed by atoms with Crippen LogP contribution in [-0.4, -0.2) is 71.2 Å². The molecule has 1 fully saturated rings. The molecule has 0 bridgehead atoms. The van der Waals surface area contributed by atoms with Crippen molar-refractivity contribution in [3.8, 4) is 0 Å². The first-order chi connectivity index (χ1) is 11.0. The Morgan fingerprint density at radius 3 is 2.91 bits per heavy atom. The Morgan fingerprint density at radius 2 is 2.30 bits per heavy atom. The van der Waals surface area contributed by atoms with E-state index in [2.05, 4.69) is 9.88 Å². The number of aliphatic carboxylic acids is 1. The second-order valence-electron chi connectivity index (χ2n) is 5.83. The Labute approximate surface area is 135 Å². The summed E-state index contributed by atoms with van der Waals surface area (Å²) in [4.78, 5) is 31.2. The van der Waals surface area contributed by atoms with E-state index < -0.39 is 12.0 Å². The van der Waals surface area contributed by atoms with Crippen LogP contribution in [0, 0.1) is 0 Å². The molecule has 126 valence electrons. The summed E-state index contributed by atoms with van der Waals surface area (Å²) in [6.07, 6.45) is 4.70. The van der Waals surface area contributed by atoms with E-state index in [1.165, 1.54) is 12.0 Å². The second kappa shape index (κ2) is 8.03. The number of piperidine rings is 1. The third-order valence-corrected chi connectivity index (χ3v) is 4.23. The minimum atomic E-state index is -0.964. The molecule has 0 spiro atoms. The molecule has 1 aromatic heterocycles. The maximum atomic E-state index is 12.0. The summed E-state index contributed by atoms with van der Waals surface area (Å²) in [7, 11) is 3.41. The molecular formula is C16H23N3O4. The van der Waals surface area contributed by atoms with Gasteiger partial charge in [0, 0.05) is 38.6 Å². The highest BCUT2D eigenvalue weighted by Crippen LogP contribution is 2.23. The highest BCUT2D eigenvalue weighted by molar-refractivity contribution is 5.84. The maximum absolute atomic E-state index is 12.0. The molecule has 1 aliphatic rings. The van der Waals surface area contributed by atoms with Crippen LogP contribution < -0.4 is 0 Å². The topological polar surface area (TPSA) is 83.0 Å². The maximum Gasteiger partial charge on any atom is 0.326 e. The number of nitrogens with zero attached hydrogens (tertiary/aromatic N) is 3. The highest BCUT2D eigenvalue weighted by Gasteiger charge is 2.37. The summed E-state index contributed by atoms with van der Waals surface area (Å²) in [5.74, 6) is -1.23. The molecular weight excluding hydrogens is 298 g/mol. The lowest BCUT2D eigenvalue weighted by Gasteiger charge is -2.40. The van der Waals surface area contributed by atoms with Gasteiger partial charge in [-0.05, 0) is 31.5 Å². The normalized spacial score (nSPS) is 21.4. The molecule has 7 nitrogen and oxygen atoms in total. The van der Waals surface area contributed by atoms with E-state index >= 15 is 0 Å². The number of hydrogen-bond donors (Lipinski definition) is 1. The van der Waals surface area contributed by atoms with Gasteiger partial charge in [0.25, 0.3) is 0 Å². The van der Waals surface area contributed by atoms with Crippen molar-refractivity contribution in [1.82, 2.24) is 14.8 Å². The number of carbonyl (C=O) groups is 2. The zero-order valence-electron chi connectivity index (χ0n) is 13.5. The van der Waals surface area contributed by atoms with Crippen LogP contribution in [0.4, 0.5) is 0 Å². The number of pyridine rings is 1. The standard InChI is InChI=1S/C16H23N3O4/c1-18(10-12-4-3-6-17-9-12)13-5-7-19(15(20)11-23-2)14(8-13)16(21)22/h3-4,6,9,13-14H,5,7-8,10-11H2,1-2H3,(H,21,22)/t13-,14+/m0/s1. The molecule has 0 saturated carbocycles. The van der Waals surface area contributed by atoms with Crippen LogP contribution >= 0.6 is 0 Å². The Kier molecular flexibility index (Phi) is 6.06. The lowest BCUT2D eigenvalue weighted by atomic mass is 9.95. The van der Waals surface area contributed by atoms with Gasteiger partial charge >= 0.3 is 5.97 Å². The van der Waals surface area contributed by atoms with Gasteiger partial charge < -0.3 is 14.7 Å². The average Bonchev–Trinajstić information content (AvgIpc) is 2.55. The Bertz CT molecular complexity index is 537. The zero-order chi connectivity index (χ0) is 16.8. The number of hydrogen-bond acceptors (Lipinski definition) is 5. The molecule has 2 heterocycles. The van der Waals surface area contributed by atoms with Crippen molar-refractivity contribution in [3.63, 3.8) is 0 Å². The molecule has 1 aromatic rings. The molecule has 2 rings (SSSR count). The van der Waals surface area contributed by atoms with Gasteiger partial charge in [0.1, 0.15) is 12.6 Å². The van der Waals surface area contributed by atoms with E-state index in [1.807, 2.05) is 25.4 Å². The van der Waals surface area contributed by atoms with E-state index in [4.69, 9.17) is 4.74 Å². The Morgan fingerprint density at radius 1 is 1.52 bits per heavy atom. The lowest BCUT2D eigenvalue weighted by Crippen LogP contribution is -2.55. The fourth-order valence-electron chi connectivity index (χ4n) is 2.99. The summed E-state index contributed by atoms with van der Waals surface area (Å²) >= 11 is 0. The number of carboxylic acid groups (broad SMARTS) is 1. The molecule has 1 aliphatic heterocycles. The number of carboxylic acids is 1. The van der Waals surface area contributed by atoms with Gasteiger partial charge in [-0.25, -0.2) is 4.79 Å². The molecule has 23 heavy (non-hydrogen) atoms. The van der Waals surface area contributed by atoms with Crippen LogP contribution in [0.25, 0.3) is 0 Å². The van der Waals surface area contributed by atoms with Crippen LogP contribution in [0.2, 0.25) is 0 Å². The molecule has 2 atom stereocenters. The van der Waals surface area contributed by atoms with Gasteiger partial charge in [-0.15, -0.1) is 0 Å². The van der Waals surface area contributed by atoms with Gasteiger partial charge in [-0.2, -0.15) is 0 Å². The van der Waals surface area contributed by atoms with Gasteiger partial charge in [0.15, 0.2) is 0 Å². The summed E-state index contributed by atoms with van der Waals surface area (Å²) < 4.78 is 4.84. The number of ether oxygens (including phenoxy) is 1. The largest absolute Gasteiger partial charge is 0.480 e. The lowest BCUT2D eigenvalue weighted by molar-refractivity contribution is -0.155. The molecule has 1 saturated heterocycles. The molecule has 0 aliphatic carbocycles. The monoisotopic (exact) mass is 321 g/mol. The number of likely N-dealkylation sites (tertiary alicyclic amines) is 1. The first kappa shape index (κ1) is 17.4. The van der Waals surface area contributed by atoms with Crippen molar-refractivity contribution >= 4 is 11.9 Å². The first-order valence-electron chi connectivity index (χ1n) is 7.63. The van der Waals surface area contributed by atoms with Crippen molar-refractivity contribution in [2.45, 2.75) is 31.5 Å². The van der Waals surface area contributed by atoms with E-state index in [1.54, 1.807) is 6.20 Å². The van der Waals surface area contributed by atoms with Crippen LogP contribution in [0.5, 0.6) is 0 Å². The minimum absolute atomic E-state index is 0.0834. The summed E-state index contributed by atoms with van der Waals surface area (Å²) in [5.41, 5.74) is 1.08. The van der Waals surface area contributed by atoms with Crippen molar-refractivity contribution in [3.05, 3.63) is 30.1 Å². The highest BCUT2D eigenvalue weighted by atomic mass is 16.5. The van der Waals surface area contributed by atoms with Gasteiger partial charge in [0.05, 0.1) is 0 Å². The molecule has 0 unspecified atom stereocenters. The predicted molar refractivity (Wildman–Crippen MR) is 83.7 cm³/mol. The fraction of sp³-hybridized carbons (Fsp3) is 0.562. The van der Waals surface area contributed by atoms with E-state index in [9.17, 15) is 14.7 Å². The van der Waals surface area contributed by atoms with Crippen molar-refractivity contribution in [2.24, 2.45) is 0 Å². The molecule has 7 heteroatoms. The Balaban J connectivity index is 2.01. The van der Waals surface area contributed by atoms with Gasteiger partial charge in [-0.3, -0.25) is 14.7 Å². The number of amides is 1. The number of aromatic nitrogens is 1. The SMILES string of the molecule is COCC(=O)N1CC[C@H](N(C)Cc2cccnc2)C[C@@H]1C(=O)O. The van der Waals surface area contributed by atoms with Crippen LogP contribution in [0.3, 0.4) is 0 Å². The number of rotatable bonds is 6. The fourth-order valence-corrected chi connectivity index (χ4v) is 2.99. The molecule has 1 amide bonds. The number of carbonyl (C=O) groups excluding carboxylic acids is 1.